The van der Waals surface area contributed by atoms with E-state index in [1.54, 1.807) is 37.4 Å². The lowest BCUT2D eigenvalue weighted by Gasteiger charge is -2.10. The molecule has 0 bridgehead atoms. The fourth-order valence-corrected chi connectivity index (χ4v) is 2.48. The van der Waals surface area contributed by atoms with Crippen molar-refractivity contribution in [1.29, 1.82) is 0 Å². The van der Waals surface area contributed by atoms with Crippen LogP contribution in [0.5, 0.6) is 0 Å². The van der Waals surface area contributed by atoms with Gasteiger partial charge in [0, 0.05) is 29.8 Å². The summed E-state index contributed by atoms with van der Waals surface area (Å²) in [5.74, 6) is -0.693. The van der Waals surface area contributed by atoms with Gasteiger partial charge in [0.05, 0.1) is 11.4 Å². The Kier molecular flexibility index (Phi) is 5.00. The van der Waals surface area contributed by atoms with E-state index in [9.17, 15) is 14.4 Å². The lowest BCUT2D eigenvalue weighted by atomic mass is 10.2. The maximum absolute atomic E-state index is 12.2. The Bertz CT molecular complexity index is 771. The summed E-state index contributed by atoms with van der Waals surface area (Å²) in [4.78, 5) is 35.4. The lowest BCUT2D eigenvalue weighted by Crippen LogP contribution is -2.20. The van der Waals surface area contributed by atoms with E-state index < -0.39 is 5.91 Å². The minimum atomic E-state index is -0.433. The molecule has 2 amide bonds. The first-order valence-corrected chi connectivity index (χ1v) is 7.44. The summed E-state index contributed by atoms with van der Waals surface area (Å²) in [5, 5.41) is 2.74. The quantitative estimate of drug-likeness (QED) is 0.811. The van der Waals surface area contributed by atoms with Gasteiger partial charge >= 0.3 is 0 Å². The van der Waals surface area contributed by atoms with Crippen LogP contribution < -0.4 is 16.6 Å². The van der Waals surface area contributed by atoms with Crippen LogP contribution in [0.1, 0.15) is 10.4 Å². The van der Waals surface area contributed by atoms with Crippen molar-refractivity contribution in [2.75, 3.05) is 11.1 Å². The SMILES string of the molecule is Cn1ccc(C(=O)Nc2ccccc2SCC(N)=O)cc1=O. The van der Waals surface area contributed by atoms with Gasteiger partial charge in [-0.3, -0.25) is 14.4 Å². The number of hydrogen-bond donors (Lipinski definition) is 2. The molecule has 0 aliphatic carbocycles. The number of hydrogen-bond acceptors (Lipinski definition) is 4. The molecule has 0 saturated carbocycles. The second-order valence-electron chi connectivity index (χ2n) is 4.57. The van der Waals surface area contributed by atoms with Gasteiger partial charge in [-0.2, -0.15) is 0 Å². The van der Waals surface area contributed by atoms with Crippen LogP contribution in [-0.2, 0) is 11.8 Å². The zero-order valence-corrected chi connectivity index (χ0v) is 12.7. The van der Waals surface area contributed by atoms with E-state index in [0.29, 0.717) is 5.69 Å². The molecule has 1 aromatic carbocycles. The number of para-hydroxylation sites is 1. The van der Waals surface area contributed by atoms with Gasteiger partial charge in [0.15, 0.2) is 0 Å². The van der Waals surface area contributed by atoms with Crippen molar-refractivity contribution in [3.8, 4) is 0 Å². The van der Waals surface area contributed by atoms with Crippen LogP contribution in [0.3, 0.4) is 0 Å². The number of aromatic nitrogens is 1. The van der Waals surface area contributed by atoms with Crippen LogP contribution in [-0.4, -0.2) is 22.1 Å². The van der Waals surface area contributed by atoms with E-state index in [4.69, 9.17) is 5.73 Å². The predicted molar refractivity (Wildman–Crippen MR) is 86.0 cm³/mol. The van der Waals surface area contributed by atoms with Crippen molar-refractivity contribution < 1.29 is 9.59 Å². The summed E-state index contributed by atoms with van der Waals surface area (Å²) < 4.78 is 1.38. The van der Waals surface area contributed by atoms with Crippen LogP contribution in [0.2, 0.25) is 0 Å². The van der Waals surface area contributed by atoms with Gasteiger partial charge in [0.1, 0.15) is 0 Å². The van der Waals surface area contributed by atoms with E-state index in [1.807, 2.05) is 0 Å². The number of benzene rings is 1. The minimum absolute atomic E-state index is 0.124. The number of nitrogens with two attached hydrogens (primary N) is 1. The first-order chi connectivity index (χ1) is 10.5. The predicted octanol–water partition coefficient (Wildman–Crippen LogP) is 1.22. The number of carbonyl (C=O) groups is 2. The highest BCUT2D eigenvalue weighted by Crippen LogP contribution is 2.27. The molecule has 0 radical (unpaired) electrons. The first kappa shape index (κ1) is 15.8. The highest BCUT2D eigenvalue weighted by Gasteiger charge is 2.10. The molecular weight excluding hydrogens is 302 g/mol. The average Bonchev–Trinajstić information content (AvgIpc) is 2.49. The van der Waals surface area contributed by atoms with Crippen LogP contribution in [0.25, 0.3) is 0 Å². The van der Waals surface area contributed by atoms with Crippen molar-refractivity contribution in [3.63, 3.8) is 0 Å². The molecule has 0 saturated heterocycles. The van der Waals surface area contributed by atoms with Crippen LogP contribution in [0.4, 0.5) is 5.69 Å². The number of amides is 2. The molecule has 7 heteroatoms. The van der Waals surface area contributed by atoms with Gasteiger partial charge in [0.2, 0.25) is 5.91 Å². The third-order valence-corrected chi connectivity index (χ3v) is 3.97. The molecule has 1 aromatic heterocycles. The van der Waals surface area contributed by atoms with Crippen LogP contribution in [0.15, 0.2) is 52.3 Å². The Hall–Kier alpha value is -2.54. The molecular formula is C15H15N3O3S. The lowest BCUT2D eigenvalue weighted by molar-refractivity contribution is -0.115. The molecule has 0 aliphatic heterocycles. The Morgan fingerprint density at radius 1 is 1.27 bits per heavy atom. The van der Waals surface area contributed by atoms with Gasteiger partial charge in [-0.15, -0.1) is 11.8 Å². The smallest absolute Gasteiger partial charge is 0.255 e. The second kappa shape index (κ2) is 6.95. The molecule has 2 aromatic rings. The molecule has 22 heavy (non-hydrogen) atoms. The molecule has 1 heterocycles. The second-order valence-corrected chi connectivity index (χ2v) is 5.59. The number of rotatable bonds is 5. The molecule has 0 atom stereocenters. The number of carbonyl (C=O) groups excluding carboxylic acids is 2. The average molecular weight is 317 g/mol. The number of anilines is 1. The Labute approximate surface area is 131 Å². The Morgan fingerprint density at radius 3 is 2.68 bits per heavy atom. The fraction of sp³-hybridized carbons (Fsp3) is 0.133. The van der Waals surface area contributed by atoms with E-state index >= 15 is 0 Å². The maximum atomic E-state index is 12.2. The Morgan fingerprint density at radius 2 is 2.00 bits per heavy atom. The monoisotopic (exact) mass is 317 g/mol. The van der Waals surface area contributed by atoms with Crippen molar-refractivity contribution in [3.05, 3.63) is 58.5 Å². The first-order valence-electron chi connectivity index (χ1n) is 6.45. The summed E-state index contributed by atoms with van der Waals surface area (Å²) in [6.45, 7) is 0. The molecule has 0 unspecified atom stereocenters. The van der Waals surface area contributed by atoms with Crippen LogP contribution >= 0.6 is 11.8 Å². The zero-order valence-electron chi connectivity index (χ0n) is 11.9. The molecule has 0 fully saturated rings. The van der Waals surface area contributed by atoms with Gasteiger partial charge in [-0.25, -0.2) is 0 Å². The topological polar surface area (TPSA) is 94.2 Å². The zero-order chi connectivity index (χ0) is 16.1. The number of nitrogens with one attached hydrogen (secondary N) is 1. The maximum Gasteiger partial charge on any atom is 0.255 e. The number of nitrogens with zero attached hydrogens (tertiary/aromatic N) is 1. The summed E-state index contributed by atoms with van der Waals surface area (Å²) in [6, 6.07) is 9.92. The summed E-state index contributed by atoms with van der Waals surface area (Å²) in [5.41, 5.74) is 5.71. The van der Waals surface area contributed by atoms with Crippen molar-refractivity contribution in [1.82, 2.24) is 4.57 Å². The Balaban J connectivity index is 2.19. The molecule has 0 spiro atoms. The summed E-state index contributed by atoms with van der Waals surface area (Å²) in [7, 11) is 1.61. The number of aryl methyl sites for hydroxylation is 1. The molecule has 0 aliphatic rings. The van der Waals surface area contributed by atoms with Gasteiger partial charge in [-0.1, -0.05) is 12.1 Å². The van der Waals surface area contributed by atoms with E-state index in [1.165, 1.54) is 28.6 Å². The number of primary amides is 1. The van der Waals surface area contributed by atoms with Crippen molar-refractivity contribution in [2.24, 2.45) is 12.8 Å². The third kappa shape index (κ3) is 3.98. The van der Waals surface area contributed by atoms with E-state index in [2.05, 4.69) is 5.32 Å². The van der Waals surface area contributed by atoms with E-state index in [0.717, 1.165) is 4.90 Å². The minimum Gasteiger partial charge on any atom is -0.369 e. The van der Waals surface area contributed by atoms with Gasteiger partial charge in [0.25, 0.3) is 11.5 Å². The fourth-order valence-electron chi connectivity index (χ4n) is 1.73. The highest BCUT2D eigenvalue weighted by atomic mass is 32.2. The molecule has 2 rings (SSSR count). The number of pyridine rings is 1. The molecule has 6 nitrogen and oxygen atoms in total. The van der Waals surface area contributed by atoms with Crippen molar-refractivity contribution >= 4 is 29.3 Å². The molecule has 114 valence electrons. The standard InChI is InChI=1S/C15H15N3O3S/c1-18-7-6-10(8-14(18)20)15(21)17-11-4-2-3-5-12(11)22-9-13(16)19/h2-8H,9H2,1H3,(H2,16,19)(H,17,21). The highest BCUT2D eigenvalue weighted by molar-refractivity contribution is 8.00. The summed E-state index contributed by atoms with van der Waals surface area (Å²) >= 11 is 1.24. The molecule has 3 N–H and O–H groups in total. The summed E-state index contributed by atoms with van der Waals surface area (Å²) in [6.07, 6.45) is 1.53. The normalized spacial score (nSPS) is 10.2. The third-order valence-electron chi connectivity index (χ3n) is 2.87. The number of thioether (sulfide) groups is 1. The van der Waals surface area contributed by atoms with Gasteiger partial charge in [-0.05, 0) is 18.2 Å². The van der Waals surface area contributed by atoms with Gasteiger partial charge < -0.3 is 15.6 Å². The largest absolute Gasteiger partial charge is 0.369 e. The van der Waals surface area contributed by atoms with Crippen LogP contribution in [0, 0.1) is 0 Å². The van der Waals surface area contributed by atoms with E-state index in [-0.39, 0.29) is 22.8 Å². The van der Waals surface area contributed by atoms with Crippen molar-refractivity contribution in [2.45, 2.75) is 4.90 Å².